The molecule has 116 valence electrons. The quantitative estimate of drug-likeness (QED) is 0.501. The van der Waals surface area contributed by atoms with Crippen LogP contribution >= 0.6 is 23.4 Å². The molecule has 0 aliphatic carbocycles. The van der Waals surface area contributed by atoms with Gasteiger partial charge in [-0.05, 0) is 23.4 Å². The van der Waals surface area contributed by atoms with Gasteiger partial charge in [-0.25, -0.2) is 4.68 Å². The van der Waals surface area contributed by atoms with Gasteiger partial charge in [-0.2, -0.15) is 0 Å². The van der Waals surface area contributed by atoms with Crippen molar-refractivity contribution < 1.29 is 9.72 Å². The van der Waals surface area contributed by atoms with Crippen LogP contribution in [0.5, 0.6) is 0 Å². The number of anilines is 1. The molecule has 0 radical (unpaired) electrons. The fourth-order valence-electron chi connectivity index (χ4n) is 1.49. The molecular weight excluding hydrogens is 332 g/mol. The number of tetrazole rings is 1. The summed E-state index contributed by atoms with van der Waals surface area (Å²) in [4.78, 5) is 22.2. The van der Waals surface area contributed by atoms with E-state index < -0.39 is 10.2 Å². The number of amides is 1. The van der Waals surface area contributed by atoms with Gasteiger partial charge in [0.1, 0.15) is 0 Å². The maximum Gasteiger partial charge on any atom is 0.271 e. The number of benzene rings is 1. The molecule has 1 aromatic carbocycles. The maximum absolute atomic E-state index is 12.1. The van der Waals surface area contributed by atoms with Crippen molar-refractivity contribution in [2.45, 2.75) is 17.3 Å². The molecule has 0 saturated heterocycles. The third-order valence-corrected chi connectivity index (χ3v) is 4.09. The molecule has 1 atom stereocenters. The Morgan fingerprint density at radius 2 is 2.27 bits per heavy atom. The number of aryl methyl sites for hydroxylation is 1. The van der Waals surface area contributed by atoms with Gasteiger partial charge < -0.3 is 5.32 Å². The largest absolute Gasteiger partial charge is 0.324 e. The highest BCUT2D eigenvalue weighted by molar-refractivity contribution is 8.00. The van der Waals surface area contributed by atoms with Crippen LogP contribution in [0.4, 0.5) is 11.4 Å². The summed E-state index contributed by atoms with van der Waals surface area (Å²) in [5.74, 6) is -0.316. The van der Waals surface area contributed by atoms with E-state index in [1.54, 1.807) is 14.0 Å². The Balaban J connectivity index is 2.05. The first-order valence-electron chi connectivity index (χ1n) is 6.02. The molecule has 0 spiro atoms. The van der Waals surface area contributed by atoms with Crippen LogP contribution in [-0.4, -0.2) is 36.3 Å². The van der Waals surface area contributed by atoms with Crippen molar-refractivity contribution in [3.63, 3.8) is 0 Å². The number of non-ortho nitro benzene ring substituents is 1. The Bertz CT molecular complexity index is 722. The summed E-state index contributed by atoms with van der Waals surface area (Å²) >= 11 is 7.11. The van der Waals surface area contributed by atoms with E-state index in [0.717, 1.165) is 0 Å². The second-order valence-electron chi connectivity index (χ2n) is 4.26. The van der Waals surface area contributed by atoms with Gasteiger partial charge in [0, 0.05) is 19.2 Å². The first-order chi connectivity index (χ1) is 10.4. The molecule has 0 aliphatic heterocycles. The summed E-state index contributed by atoms with van der Waals surface area (Å²) in [6, 6.07) is 3.84. The number of nitrogens with zero attached hydrogens (tertiary/aromatic N) is 5. The van der Waals surface area contributed by atoms with Crippen molar-refractivity contribution in [2.24, 2.45) is 7.05 Å². The topological polar surface area (TPSA) is 116 Å². The van der Waals surface area contributed by atoms with Crippen molar-refractivity contribution in [1.82, 2.24) is 20.2 Å². The lowest BCUT2D eigenvalue weighted by Gasteiger charge is -2.11. The van der Waals surface area contributed by atoms with E-state index in [-0.39, 0.29) is 16.6 Å². The van der Waals surface area contributed by atoms with Crippen molar-refractivity contribution in [1.29, 1.82) is 0 Å². The number of thioether (sulfide) groups is 1. The van der Waals surface area contributed by atoms with Gasteiger partial charge in [-0.15, -0.1) is 5.10 Å². The second kappa shape index (κ2) is 6.71. The number of carbonyl (C=O) groups excluding carboxylic acids is 1. The van der Waals surface area contributed by atoms with Gasteiger partial charge in [0.25, 0.3) is 5.69 Å². The minimum atomic E-state index is -0.559. The maximum atomic E-state index is 12.1. The molecule has 1 aromatic heterocycles. The number of nitro groups is 1. The van der Waals surface area contributed by atoms with Crippen molar-refractivity contribution in [3.8, 4) is 0 Å². The van der Waals surface area contributed by atoms with Crippen molar-refractivity contribution in [2.75, 3.05) is 5.32 Å². The molecule has 2 aromatic rings. The number of carbonyl (C=O) groups is 1. The van der Waals surface area contributed by atoms with Gasteiger partial charge in [0.2, 0.25) is 11.1 Å². The molecule has 0 saturated carbocycles. The third-order valence-electron chi connectivity index (χ3n) is 2.65. The van der Waals surface area contributed by atoms with Crippen LogP contribution in [0, 0.1) is 10.1 Å². The molecule has 0 fully saturated rings. The number of hydrogen-bond acceptors (Lipinski definition) is 7. The highest BCUT2D eigenvalue weighted by Gasteiger charge is 2.19. The molecule has 0 unspecified atom stereocenters. The molecule has 9 nitrogen and oxygen atoms in total. The predicted octanol–water partition coefficient (Wildman–Crippen LogP) is 1.89. The normalized spacial score (nSPS) is 12.0. The Morgan fingerprint density at radius 3 is 2.82 bits per heavy atom. The minimum Gasteiger partial charge on any atom is -0.324 e. The molecule has 1 amide bonds. The van der Waals surface area contributed by atoms with Crippen LogP contribution in [0.2, 0.25) is 5.02 Å². The number of hydrogen-bond donors (Lipinski definition) is 1. The summed E-state index contributed by atoms with van der Waals surface area (Å²) in [6.07, 6.45) is 0. The van der Waals surface area contributed by atoms with Crippen LogP contribution in [0.3, 0.4) is 0 Å². The summed E-state index contributed by atoms with van der Waals surface area (Å²) in [5, 5.41) is 24.3. The number of aromatic nitrogens is 4. The van der Waals surface area contributed by atoms with E-state index in [9.17, 15) is 14.9 Å². The van der Waals surface area contributed by atoms with Crippen LogP contribution in [0.15, 0.2) is 23.4 Å². The number of nitrogens with one attached hydrogen (secondary N) is 1. The zero-order chi connectivity index (χ0) is 16.3. The Hall–Kier alpha value is -2.20. The zero-order valence-corrected chi connectivity index (χ0v) is 13.1. The van der Waals surface area contributed by atoms with E-state index in [0.29, 0.717) is 10.8 Å². The van der Waals surface area contributed by atoms with E-state index in [4.69, 9.17) is 11.6 Å². The van der Waals surface area contributed by atoms with Gasteiger partial charge in [-0.1, -0.05) is 23.4 Å². The van der Waals surface area contributed by atoms with Crippen LogP contribution in [0.1, 0.15) is 6.92 Å². The summed E-state index contributed by atoms with van der Waals surface area (Å²) in [5.41, 5.74) is 0.163. The Labute approximate surface area is 134 Å². The average Bonchev–Trinajstić information content (AvgIpc) is 2.86. The molecule has 0 aliphatic rings. The number of rotatable bonds is 5. The van der Waals surface area contributed by atoms with Crippen LogP contribution < -0.4 is 5.32 Å². The zero-order valence-electron chi connectivity index (χ0n) is 11.6. The molecule has 1 heterocycles. The fourth-order valence-corrected chi connectivity index (χ4v) is 2.46. The van der Waals surface area contributed by atoms with Gasteiger partial charge >= 0.3 is 0 Å². The SMILES string of the molecule is C[C@H](Sc1nnnn1C)C(=O)Nc1ccc([N+](=O)[O-])cc1Cl. The van der Waals surface area contributed by atoms with E-state index >= 15 is 0 Å². The van der Waals surface area contributed by atoms with E-state index in [2.05, 4.69) is 20.8 Å². The fraction of sp³-hybridized carbons (Fsp3) is 0.273. The highest BCUT2D eigenvalue weighted by atomic mass is 35.5. The average molecular weight is 343 g/mol. The van der Waals surface area contributed by atoms with E-state index in [1.807, 2.05) is 0 Å². The van der Waals surface area contributed by atoms with Gasteiger partial charge in [0.05, 0.1) is 20.9 Å². The molecule has 11 heteroatoms. The second-order valence-corrected chi connectivity index (χ2v) is 5.97. The Kier molecular flexibility index (Phi) is 4.93. The summed E-state index contributed by atoms with van der Waals surface area (Å²) < 4.78 is 1.45. The monoisotopic (exact) mass is 342 g/mol. The summed E-state index contributed by atoms with van der Waals surface area (Å²) in [7, 11) is 1.67. The molecule has 1 N–H and O–H groups in total. The third kappa shape index (κ3) is 3.71. The standard InChI is InChI=1S/C11H11ClN6O3S/c1-6(22-11-14-15-16-17(11)2)10(19)13-9-4-3-7(18(20)21)5-8(9)12/h3-6H,1-2H3,(H,13,19)/t6-/m0/s1. The lowest BCUT2D eigenvalue weighted by atomic mass is 10.2. The molecular formula is C11H11ClN6O3S. The molecule has 22 heavy (non-hydrogen) atoms. The first-order valence-corrected chi connectivity index (χ1v) is 7.28. The van der Waals surface area contributed by atoms with Gasteiger partial charge in [0.15, 0.2) is 0 Å². The van der Waals surface area contributed by atoms with Gasteiger partial charge in [-0.3, -0.25) is 14.9 Å². The predicted molar refractivity (Wildman–Crippen MR) is 80.9 cm³/mol. The number of halogens is 1. The van der Waals surface area contributed by atoms with Crippen LogP contribution in [-0.2, 0) is 11.8 Å². The molecule has 0 bridgehead atoms. The number of nitro benzene ring substituents is 1. The molecule has 2 rings (SSSR count). The van der Waals surface area contributed by atoms with Crippen molar-refractivity contribution in [3.05, 3.63) is 33.3 Å². The van der Waals surface area contributed by atoms with Crippen molar-refractivity contribution >= 4 is 40.6 Å². The minimum absolute atomic E-state index is 0.0973. The van der Waals surface area contributed by atoms with E-state index in [1.165, 1.54) is 34.6 Å². The lowest BCUT2D eigenvalue weighted by Crippen LogP contribution is -2.23. The summed E-state index contributed by atoms with van der Waals surface area (Å²) in [6.45, 7) is 1.69. The first kappa shape index (κ1) is 16.2. The van der Waals surface area contributed by atoms with Crippen LogP contribution in [0.25, 0.3) is 0 Å². The lowest BCUT2D eigenvalue weighted by molar-refractivity contribution is -0.384. The highest BCUT2D eigenvalue weighted by Crippen LogP contribution is 2.28. The Morgan fingerprint density at radius 1 is 1.55 bits per heavy atom. The smallest absolute Gasteiger partial charge is 0.271 e.